The van der Waals surface area contributed by atoms with Crippen molar-refractivity contribution in [1.29, 1.82) is 0 Å². The van der Waals surface area contributed by atoms with Gasteiger partial charge >= 0.3 is 0 Å². The van der Waals surface area contributed by atoms with Crippen LogP contribution in [0.1, 0.15) is 0 Å². The molecule has 288 valence electrons. The first-order valence-corrected chi connectivity index (χ1v) is 20.8. The first kappa shape index (κ1) is 34.5. The maximum Gasteiger partial charge on any atom is 0.164 e. The molecule has 10 aromatic carbocycles. The van der Waals surface area contributed by atoms with E-state index >= 15 is 0 Å². The lowest BCUT2D eigenvalue weighted by molar-refractivity contribution is 0.669. The number of aromatic nitrogens is 3. The Kier molecular flexibility index (Phi) is 7.54. The third-order valence-electron chi connectivity index (χ3n) is 12.3. The summed E-state index contributed by atoms with van der Waals surface area (Å²) in [6.45, 7) is 0. The lowest BCUT2D eigenvalue weighted by Crippen LogP contribution is -2.01. The van der Waals surface area contributed by atoms with E-state index in [-0.39, 0.29) is 0 Å². The zero-order valence-corrected chi connectivity index (χ0v) is 33.2. The zero-order chi connectivity index (χ0) is 40.7. The van der Waals surface area contributed by atoms with Crippen molar-refractivity contribution in [3.63, 3.8) is 0 Å². The van der Waals surface area contributed by atoms with Gasteiger partial charge in [-0.1, -0.05) is 158 Å². The third kappa shape index (κ3) is 5.45. The predicted octanol–water partition coefficient (Wildman–Crippen LogP) is 15.5. The number of nitrogens with zero attached hydrogens (tertiary/aromatic N) is 3. The summed E-state index contributed by atoms with van der Waals surface area (Å²) in [6, 6.07) is 69.9. The van der Waals surface area contributed by atoms with Crippen LogP contribution >= 0.6 is 0 Å². The molecule has 13 aromatic rings. The predicted molar refractivity (Wildman–Crippen MR) is 254 cm³/mol. The highest BCUT2D eigenvalue weighted by molar-refractivity contribution is 6.14. The largest absolute Gasteiger partial charge is 0.456 e. The van der Waals surface area contributed by atoms with Gasteiger partial charge in [0.15, 0.2) is 17.5 Å². The molecule has 0 aliphatic rings. The summed E-state index contributed by atoms with van der Waals surface area (Å²) in [7, 11) is 0. The summed E-state index contributed by atoms with van der Waals surface area (Å²) < 4.78 is 13.1. The normalized spacial score (nSPS) is 11.9. The Hall–Kier alpha value is -8.41. The number of hydrogen-bond donors (Lipinski definition) is 0. The molecule has 0 bridgehead atoms. The lowest BCUT2D eigenvalue weighted by atomic mass is 9.95. The molecule has 0 aliphatic carbocycles. The molecule has 13 rings (SSSR count). The van der Waals surface area contributed by atoms with Gasteiger partial charge < -0.3 is 8.83 Å². The van der Waals surface area contributed by atoms with Gasteiger partial charge in [0.1, 0.15) is 22.3 Å². The number of rotatable bonds is 5. The van der Waals surface area contributed by atoms with Crippen LogP contribution in [0.4, 0.5) is 0 Å². The van der Waals surface area contributed by atoms with E-state index in [0.29, 0.717) is 17.5 Å². The van der Waals surface area contributed by atoms with Gasteiger partial charge in [0, 0.05) is 43.8 Å². The number of furan rings is 2. The van der Waals surface area contributed by atoms with Gasteiger partial charge in [-0.15, -0.1) is 0 Å². The van der Waals surface area contributed by atoms with E-state index in [9.17, 15) is 0 Å². The monoisotopic (exact) mass is 791 g/mol. The van der Waals surface area contributed by atoms with Crippen molar-refractivity contribution >= 4 is 76.2 Å². The van der Waals surface area contributed by atoms with Crippen molar-refractivity contribution in [3.8, 4) is 56.4 Å². The van der Waals surface area contributed by atoms with Gasteiger partial charge in [0.25, 0.3) is 0 Å². The molecule has 0 spiro atoms. The van der Waals surface area contributed by atoms with Gasteiger partial charge in [-0.3, -0.25) is 0 Å². The van der Waals surface area contributed by atoms with Gasteiger partial charge in [0.2, 0.25) is 0 Å². The van der Waals surface area contributed by atoms with Gasteiger partial charge in [-0.25, -0.2) is 15.0 Å². The van der Waals surface area contributed by atoms with E-state index in [1.54, 1.807) is 0 Å². The molecule has 62 heavy (non-hydrogen) atoms. The molecule has 0 unspecified atom stereocenters. The number of para-hydroxylation sites is 2. The first-order chi connectivity index (χ1) is 30.7. The Morgan fingerprint density at radius 1 is 0.274 bits per heavy atom. The van der Waals surface area contributed by atoms with Crippen LogP contribution in [0, 0.1) is 0 Å². The van der Waals surface area contributed by atoms with Crippen LogP contribution in [0.25, 0.3) is 133 Å². The molecule has 0 saturated heterocycles. The van der Waals surface area contributed by atoms with Gasteiger partial charge in [-0.05, 0) is 91.5 Å². The minimum atomic E-state index is 0.568. The molecule has 5 nitrogen and oxygen atoms in total. The first-order valence-electron chi connectivity index (χ1n) is 20.8. The van der Waals surface area contributed by atoms with Crippen molar-refractivity contribution in [1.82, 2.24) is 15.0 Å². The van der Waals surface area contributed by atoms with Gasteiger partial charge in [0.05, 0.1) is 0 Å². The van der Waals surface area contributed by atoms with Crippen molar-refractivity contribution < 1.29 is 8.83 Å². The van der Waals surface area contributed by atoms with Crippen LogP contribution < -0.4 is 0 Å². The fourth-order valence-corrected chi connectivity index (χ4v) is 9.37. The third-order valence-corrected chi connectivity index (χ3v) is 12.3. The van der Waals surface area contributed by atoms with Crippen molar-refractivity contribution in [2.24, 2.45) is 0 Å². The molecule has 5 heteroatoms. The molecular weight excluding hydrogens is 759 g/mol. The van der Waals surface area contributed by atoms with E-state index in [1.807, 2.05) is 30.3 Å². The Morgan fingerprint density at radius 3 is 1.73 bits per heavy atom. The average molecular weight is 792 g/mol. The Morgan fingerprint density at radius 2 is 0.855 bits per heavy atom. The quantitative estimate of drug-likeness (QED) is 0.174. The molecule has 0 N–H and O–H groups in total. The van der Waals surface area contributed by atoms with Crippen LogP contribution in [-0.4, -0.2) is 15.0 Å². The van der Waals surface area contributed by atoms with Crippen LogP contribution in [0.2, 0.25) is 0 Å². The second-order valence-electron chi connectivity index (χ2n) is 15.9. The Balaban J connectivity index is 1.06. The lowest BCUT2D eigenvalue weighted by Gasteiger charge is -2.14. The van der Waals surface area contributed by atoms with E-state index in [4.69, 9.17) is 23.8 Å². The van der Waals surface area contributed by atoms with Crippen molar-refractivity contribution in [3.05, 3.63) is 200 Å². The number of hydrogen-bond acceptors (Lipinski definition) is 5. The molecule has 0 aliphatic heterocycles. The maximum absolute atomic E-state index is 6.75. The Bertz CT molecular complexity index is 3950. The summed E-state index contributed by atoms with van der Waals surface area (Å²) >= 11 is 0. The summed E-state index contributed by atoms with van der Waals surface area (Å²) in [4.78, 5) is 16.1. The number of benzene rings is 10. The topological polar surface area (TPSA) is 65.0 Å². The molecule has 3 heterocycles. The van der Waals surface area contributed by atoms with Gasteiger partial charge in [-0.2, -0.15) is 0 Å². The Labute approximate surface area is 355 Å². The minimum absolute atomic E-state index is 0.568. The molecule has 0 saturated carbocycles. The summed E-state index contributed by atoms with van der Waals surface area (Å²) in [5.74, 6) is 1.72. The fraction of sp³-hybridized carbons (Fsp3) is 0. The smallest absolute Gasteiger partial charge is 0.164 e. The maximum atomic E-state index is 6.75. The second kappa shape index (κ2) is 13.6. The molecule has 0 atom stereocenters. The second-order valence-corrected chi connectivity index (χ2v) is 15.9. The van der Waals surface area contributed by atoms with E-state index in [2.05, 4.69) is 170 Å². The number of fused-ring (bicyclic) bond motifs is 9. The molecule has 0 radical (unpaired) electrons. The summed E-state index contributed by atoms with van der Waals surface area (Å²) in [5.41, 5.74) is 10.2. The molecule has 3 aromatic heterocycles. The van der Waals surface area contributed by atoms with Crippen LogP contribution in [0.3, 0.4) is 0 Å². The minimum Gasteiger partial charge on any atom is -0.456 e. The highest BCUT2D eigenvalue weighted by Gasteiger charge is 2.21. The molecular formula is C57H33N3O2. The SMILES string of the molecule is c1cc(-c2nc(-c3cc(-c4cccc5c4oc4cc6ccccc6cc45)cc4ccccc34)nc(-c3cccc4oc5ccccc5c34)n2)cc(-c2cccc3ccccc23)c1. The average Bonchev–Trinajstić information content (AvgIpc) is 3.90. The van der Waals surface area contributed by atoms with E-state index in [0.717, 1.165) is 99.0 Å². The summed E-state index contributed by atoms with van der Waals surface area (Å²) in [6.07, 6.45) is 0. The fourth-order valence-electron chi connectivity index (χ4n) is 9.37. The highest BCUT2D eigenvalue weighted by atomic mass is 16.3. The van der Waals surface area contributed by atoms with E-state index in [1.165, 1.54) is 16.2 Å². The zero-order valence-electron chi connectivity index (χ0n) is 33.2. The van der Waals surface area contributed by atoms with Crippen LogP contribution in [-0.2, 0) is 0 Å². The standard InChI is InChI=1S/C57H33N3O2/c1-2-15-36-33-52-48(31-35(36)14-1)45-25-11-24-44(54(45)62-52)40-30-37-16-4-6-21-43(37)49(32-40)57-59-55(39-19-9-18-38(29-39)42-23-10-17-34-13-3-5-20-41(34)42)58-56(60-57)47-26-12-28-51-53(47)46-22-7-8-27-50(46)61-51/h1-33H. The van der Waals surface area contributed by atoms with Crippen LogP contribution in [0.15, 0.2) is 209 Å². The van der Waals surface area contributed by atoms with E-state index < -0.39 is 0 Å². The van der Waals surface area contributed by atoms with Crippen molar-refractivity contribution in [2.75, 3.05) is 0 Å². The molecule has 0 amide bonds. The van der Waals surface area contributed by atoms with Crippen LogP contribution in [0.5, 0.6) is 0 Å². The van der Waals surface area contributed by atoms with Crippen molar-refractivity contribution in [2.45, 2.75) is 0 Å². The molecule has 0 fully saturated rings. The highest BCUT2D eigenvalue weighted by Crippen LogP contribution is 2.42. The summed E-state index contributed by atoms with van der Waals surface area (Å²) in [5, 5.41) is 11.0.